The van der Waals surface area contributed by atoms with Crippen LogP contribution in [0.25, 0.3) is 10.2 Å². The molecule has 2 aromatic carbocycles. The molecule has 0 spiro atoms. The second-order valence-electron chi connectivity index (χ2n) is 5.71. The molecule has 4 nitrogen and oxygen atoms in total. The van der Waals surface area contributed by atoms with Gasteiger partial charge < -0.3 is 10.1 Å². The van der Waals surface area contributed by atoms with Crippen LogP contribution in [0.4, 0.5) is 0 Å². The summed E-state index contributed by atoms with van der Waals surface area (Å²) in [6, 6.07) is 13.9. The van der Waals surface area contributed by atoms with Crippen LogP contribution in [-0.4, -0.2) is 24.0 Å². The Morgan fingerprint density at radius 3 is 2.79 bits per heavy atom. The molecule has 1 aromatic heterocycles. The van der Waals surface area contributed by atoms with Crippen molar-refractivity contribution in [2.45, 2.75) is 20.3 Å². The number of ether oxygens (including phenoxy) is 1. The third-order valence-corrected chi connectivity index (χ3v) is 4.94. The van der Waals surface area contributed by atoms with E-state index in [9.17, 15) is 4.79 Å². The molecular weight excluding hydrogens is 320 g/mol. The fourth-order valence-electron chi connectivity index (χ4n) is 2.34. The number of nitrogens with one attached hydrogen (secondary N) is 1. The molecule has 0 radical (unpaired) electrons. The lowest BCUT2D eigenvalue weighted by molar-refractivity contribution is -0.123. The van der Waals surface area contributed by atoms with Crippen LogP contribution in [0.2, 0.25) is 0 Å². The number of hydrogen-bond acceptors (Lipinski definition) is 4. The van der Waals surface area contributed by atoms with Crippen molar-refractivity contribution >= 4 is 27.5 Å². The fourth-order valence-corrected chi connectivity index (χ4v) is 3.31. The number of benzene rings is 2. The number of nitrogens with zero attached hydrogens (tertiary/aromatic N) is 1. The maximum atomic E-state index is 11.9. The van der Waals surface area contributed by atoms with Crippen LogP contribution in [0.3, 0.4) is 0 Å². The number of hydrogen-bond donors (Lipinski definition) is 1. The Hall–Kier alpha value is -2.40. The Morgan fingerprint density at radius 2 is 2.00 bits per heavy atom. The summed E-state index contributed by atoms with van der Waals surface area (Å²) in [5.41, 5.74) is 3.38. The summed E-state index contributed by atoms with van der Waals surface area (Å²) >= 11 is 1.67. The minimum Gasteiger partial charge on any atom is -0.484 e. The minimum absolute atomic E-state index is 0.0301. The van der Waals surface area contributed by atoms with Crippen molar-refractivity contribution in [2.75, 3.05) is 13.2 Å². The first-order valence-electron chi connectivity index (χ1n) is 7.93. The molecule has 0 saturated heterocycles. The third-order valence-electron chi connectivity index (χ3n) is 3.85. The molecular formula is C19H20N2O2S. The summed E-state index contributed by atoms with van der Waals surface area (Å²) in [5.74, 6) is 0.605. The van der Waals surface area contributed by atoms with Crippen LogP contribution in [-0.2, 0) is 11.2 Å². The molecule has 24 heavy (non-hydrogen) atoms. The van der Waals surface area contributed by atoms with Gasteiger partial charge in [0.25, 0.3) is 5.91 Å². The maximum Gasteiger partial charge on any atom is 0.257 e. The van der Waals surface area contributed by atoms with E-state index in [1.54, 1.807) is 11.3 Å². The molecule has 3 rings (SSSR count). The first kappa shape index (κ1) is 16.5. The summed E-state index contributed by atoms with van der Waals surface area (Å²) in [6.07, 6.45) is 0.731. The summed E-state index contributed by atoms with van der Waals surface area (Å²) in [6.45, 7) is 4.67. The number of thiazole rings is 1. The topological polar surface area (TPSA) is 51.2 Å². The van der Waals surface area contributed by atoms with E-state index >= 15 is 0 Å². The predicted molar refractivity (Wildman–Crippen MR) is 97.7 cm³/mol. The predicted octanol–water partition coefficient (Wildman–Crippen LogP) is 3.65. The Labute approximate surface area is 145 Å². The molecule has 3 aromatic rings. The lowest BCUT2D eigenvalue weighted by Crippen LogP contribution is -2.30. The number of rotatable bonds is 6. The standard InChI is InChI=1S/C19H20N2O2S/c1-13-7-8-15(11-14(13)2)23-12-18(22)20-10-9-19-21-16-5-3-4-6-17(16)24-19/h3-8,11H,9-10,12H2,1-2H3,(H,20,22). The van der Waals surface area contributed by atoms with E-state index in [2.05, 4.69) is 16.4 Å². The Morgan fingerprint density at radius 1 is 1.17 bits per heavy atom. The van der Waals surface area contributed by atoms with Crippen LogP contribution in [0.1, 0.15) is 16.1 Å². The maximum absolute atomic E-state index is 11.9. The number of carbonyl (C=O) groups is 1. The molecule has 0 saturated carbocycles. The van der Waals surface area contributed by atoms with Crippen LogP contribution in [0.5, 0.6) is 5.75 Å². The number of amides is 1. The van der Waals surface area contributed by atoms with E-state index in [4.69, 9.17) is 4.74 Å². The van der Waals surface area contributed by atoms with Crippen molar-refractivity contribution in [3.8, 4) is 5.75 Å². The fraction of sp³-hybridized carbons (Fsp3) is 0.263. The number of aromatic nitrogens is 1. The van der Waals surface area contributed by atoms with Gasteiger partial charge in [-0.1, -0.05) is 18.2 Å². The summed E-state index contributed by atoms with van der Waals surface area (Å²) in [4.78, 5) is 16.4. The lowest BCUT2D eigenvalue weighted by atomic mass is 10.1. The zero-order valence-electron chi connectivity index (χ0n) is 13.8. The first-order chi connectivity index (χ1) is 11.6. The van der Waals surface area contributed by atoms with Crippen molar-refractivity contribution in [1.29, 1.82) is 0 Å². The zero-order valence-corrected chi connectivity index (χ0v) is 14.7. The van der Waals surface area contributed by atoms with Gasteiger partial charge in [0.15, 0.2) is 6.61 Å². The average Bonchev–Trinajstić information content (AvgIpc) is 2.98. The van der Waals surface area contributed by atoms with E-state index in [0.717, 1.165) is 28.3 Å². The van der Waals surface area contributed by atoms with Gasteiger partial charge in [-0.25, -0.2) is 4.98 Å². The van der Waals surface area contributed by atoms with Gasteiger partial charge in [-0.15, -0.1) is 11.3 Å². The highest BCUT2D eigenvalue weighted by atomic mass is 32.1. The largest absolute Gasteiger partial charge is 0.484 e. The SMILES string of the molecule is Cc1ccc(OCC(=O)NCCc2nc3ccccc3s2)cc1C. The molecule has 1 N–H and O–H groups in total. The second kappa shape index (κ2) is 7.45. The highest BCUT2D eigenvalue weighted by Gasteiger charge is 2.06. The average molecular weight is 340 g/mol. The number of fused-ring (bicyclic) bond motifs is 1. The van der Waals surface area contributed by atoms with Crippen LogP contribution in [0, 0.1) is 13.8 Å². The molecule has 0 fully saturated rings. The first-order valence-corrected chi connectivity index (χ1v) is 8.74. The van der Waals surface area contributed by atoms with E-state index in [1.165, 1.54) is 10.3 Å². The van der Waals surface area contributed by atoms with Crippen LogP contribution < -0.4 is 10.1 Å². The van der Waals surface area contributed by atoms with Crippen molar-refractivity contribution in [1.82, 2.24) is 10.3 Å². The highest BCUT2D eigenvalue weighted by Crippen LogP contribution is 2.21. The Balaban J connectivity index is 1.44. The summed E-state index contributed by atoms with van der Waals surface area (Å²) in [5, 5.41) is 3.91. The van der Waals surface area contributed by atoms with Gasteiger partial charge in [0.1, 0.15) is 5.75 Å². The summed E-state index contributed by atoms with van der Waals surface area (Å²) in [7, 11) is 0. The number of para-hydroxylation sites is 1. The van der Waals surface area contributed by atoms with Gasteiger partial charge in [-0.3, -0.25) is 4.79 Å². The van der Waals surface area contributed by atoms with Gasteiger partial charge in [0.05, 0.1) is 15.2 Å². The van der Waals surface area contributed by atoms with Crippen molar-refractivity contribution < 1.29 is 9.53 Å². The van der Waals surface area contributed by atoms with Gasteiger partial charge in [0.2, 0.25) is 0 Å². The molecule has 5 heteroatoms. The van der Waals surface area contributed by atoms with Gasteiger partial charge >= 0.3 is 0 Å². The van der Waals surface area contributed by atoms with Gasteiger partial charge in [-0.2, -0.15) is 0 Å². The number of aryl methyl sites for hydroxylation is 2. The molecule has 1 amide bonds. The van der Waals surface area contributed by atoms with Crippen molar-refractivity contribution in [2.24, 2.45) is 0 Å². The lowest BCUT2D eigenvalue weighted by Gasteiger charge is -2.08. The molecule has 0 unspecified atom stereocenters. The van der Waals surface area contributed by atoms with Crippen molar-refractivity contribution in [3.63, 3.8) is 0 Å². The van der Waals surface area contributed by atoms with Crippen LogP contribution in [0.15, 0.2) is 42.5 Å². The normalized spacial score (nSPS) is 10.8. The molecule has 0 aliphatic heterocycles. The van der Waals surface area contributed by atoms with Gasteiger partial charge in [0, 0.05) is 13.0 Å². The molecule has 0 bridgehead atoms. The van der Waals surface area contributed by atoms with E-state index < -0.39 is 0 Å². The molecule has 124 valence electrons. The zero-order chi connectivity index (χ0) is 16.9. The number of carbonyl (C=O) groups excluding carboxylic acids is 1. The van der Waals surface area contributed by atoms with E-state index in [1.807, 2.05) is 50.2 Å². The smallest absolute Gasteiger partial charge is 0.257 e. The summed E-state index contributed by atoms with van der Waals surface area (Å²) < 4.78 is 6.71. The van der Waals surface area contributed by atoms with Crippen molar-refractivity contribution in [3.05, 3.63) is 58.6 Å². The molecule has 0 atom stereocenters. The Bertz CT molecular complexity index is 824. The molecule has 0 aliphatic carbocycles. The van der Waals surface area contributed by atoms with Gasteiger partial charge in [-0.05, 0) is 49.2 Å². The highest BCUT2D eigenvalue weighted by molar-refractivity contribution is 7.18. The van der Waals surface area contributed by atoms with Crippen LogP contribution >= 0.6 is 11.3 Å². The van der Waals surface area contributed by atoms with E-state index in [0.29, 0.717) is 6.54 Å². The quantitative estimate of drug-likeness (QED) is 0.745. The monoisotopic (exact) mass is 340 g/mol. The Kier molecular flexibility index (Phi) is 5.11. The second-order valence-corrected chi connectivity index (χ2v) is 6.83. The minimum atomic E-state index is -0.116. The molecule has 0 aliphatic rings. The third kappa shape index (κ3) is 4.11. The van der Waals surface area contributed by atoms with E-state index in [-0.39, 0.29) is 12.5 Å². The molecule has 1 heterocycles.